The van der Waals surface area contributed by atoms with Crippen molar-refractivity contribution in [2.75, 3.05) is 25.5 Å². The van der Waals surface area contributed by atoms with Gasteiger partial charge in [-0.15, -0.1) is 0 Å². The maximum atomic E-state index is 13.5. The molecule has 2 nitrogen and oxygen atoms in total. The molecule has 0 amide bonds. The van der Waals surface area contributed by atoms with E-state index in [0.717, 1.165) is 28.8 Å². The second-order valence-corrected chi connectivity index (χ2v) is 5.59. The van der Waals surface area contributed by atoms with Crippen LogP contribution in [0.5, 0.6) is 0 Å². The molecule has 0 aliphatic carbocycles. The van der Waals surface area contributed by atoms with Crippen LogP contribution in [0.25, 0.3) is 0 Å². The first kappa shape index (κ1) is 15.0. The largest absolute Gasteiger partial charge is 0.383 e. The zero-order valence-corrected chi connectivity index (χ0v) is 13.0. The van der Waals surface area contributed by atoms with Gasteiger partial charge in [0, 0.05) is 35.4 Å². The fourth-order valence-corrected chi connectivity index (χ4v) is 2.41. The molecule has 2 rings (SSSR count). The molecule has 0 fully saturated rings. The van der Waals surface area contributed by atoms with E-state index in [0.29, 0.717) is 6.54 Å². The second-order valence-electron chi connectivity index (χ2n) is 4.74. The van der Waals surface area contributed by atoms with Crippen molar-refractivity contribution in [1.82, 2.24) is 4.90 Å². The average Bonchev–Trinajstić information content (AvgIpc) is 2.43. The van der Waals surface area contributed by atoms with E-state index >= 15 is 0 Å². The lowest BCUT2D eigenvalue weighted by Crippen LogP contribution is -2.25. The van der Waals surface area contributed by atoms with Gasteiger partial charge in [-0.05, 0) is 41.2 Å². The molecule has 1 N–H and O–H groups in total. The molecule has 106 valence electrons. The highest BCUT2D eigenvalue weighted by atomic mass is 79.9. The van der Waals surface area contributed by atoms with Crippen LogP contribution in [-0.2, 0) is 6.54 Å². The summed E-state index contributed by atoms with van der Waals surface area (Å²) in [5.41, 5.74) is 1.81. The molecule has 20 heavy (non-hydrogen) atoms. The van der Waals surface area contributed by atoms with Crippen molar-refractivity contribution >= 4 is 21.6 Å². The van der Waals surface area contributed by atoms with Crippen molar-refractivity contribution in [2.45, 2.75) is 6.54 Å². The predicted molar refractivity (Wildman–Crippen MR) is 85.4 cm³/mol. The molecule has 0 saturated heterocycles. The minimum absolute atomic E-state index is 0.141. The normalized spacial score (nSPS) is 10.8. The third-order valence-electron chi connectivity index (χ3n) is 3.08. The van der Waals surface area contributed by atoms with Crippen LogP contribution in [0, 0.1) is 5.82 Å². The Kier molecular flexibility index (Phi) is 5.56. The lowest BCUT2D eigenvalue weighted by molar-refractivity contribution is 0.334. The van der Waals surface area contributed by atoms with Gasteiger partial charge in [-0.3, -0.25) is 0 Å². The lowest BCUT2D eigenvalue weighted by atomic mass is 10.2. The molecule has 0 aliphatic rings. The van der Waals surface area contributed by atoms with Crippen LogP contribution in [0.3, 0.4) is 0 Å². The van der Waals surface area contributed by atoms with E-state index in [1.54, 1.807) is 6.07 Å². The summed E-state index contributed by atoms with van der Waals surface area (Å²) in [5.74, 6) is -0.141. The second kappa shape index (κ2) is 7.41. The number of para-hydroxylation sites is 1. The third kappa shape index (κ3) is 4.32. The highest BCUT2D eigenvalue weighted by Crippen LogP contribution is 2.20. The van der Waals surface area contributed by atoms with E-state index in [4.69, 9.17) is 0 Å². The van der Waals surface area contributed by atoms with Gasteiger partial charge in [0.2, 0.25) is 0 Å². The Morgan fingerprint density at radius 2 is 1.80 bits per heavy atom. The number of nitrogens with one attached hydrogen (secondary N) is 1. The van der Waals surface area contributed by atoms with Gasteiger partial charge in [-0.2, -0.15) is 0 Å². The third-order valence-corrected chi connectivity index (χ3v) is 3.77. The van der Waals surface area contributed by atoms with Crippen LogP contribution in [0.15, 0.2) is 53.0 Å². The van der Waals surface area contributed by atoms with E-state index in [-0.39, 0.29) is 5.82 Å². The van der Waals surface area contributed by atoms with Gasteiger partial charge in [0.15, 0.2) is 0 Å². The fourth-order valence-electron chi connectivity index (χ4n) is 1.98. The monoisotopic (exact) mass is 336 g/mol. The molecule has 2 aromatic rings. The number of likely N-dealkylation sites (N-methyl/N-ethyl adjacent to an activating group) is 1. The van der Waals surface area contributed by atoms with Gasteiger partial charge in [0.1, 0.15) is 5.82 Å². The Bertz CT molecular complexity index is 560. The smallest absolute Gasteiger partial charge is 0.127 e. The summed E-state index contributed by atoms with van der Waals surface area (Å²) in [6.45, 7) is 2.27. The first-order valence-corrected chi connectivity index (χ1v) is 7.36. The van der Waals surface area contributed by atoms with Crippen molar-refractivity contribution in [3.05, 3.63) is 64.4 Å². The number of halogens is 2. The zero-order valence-electron chi connectivity index (χ0n) is 11.4. The molecule has 4 heteroatoms. The summed E-state index contributed by atoms with van der Waals surface area (Å²) in [5, 5.41) is 3.36. The average molecular weight is 337 g/mol. The summed E-state index contributed by atoms with van der Waals surface area (Å²) >= 11 is 3.50. The van der Waals surface area contributed by atoms with Gasteiger partial charge < -0.3 is 10.2 Å². The van der Waals surface area contributed by atoms with Crippen LogP contribution in [-0.4, -0.2) is 25.0 Å². The molecule has 0 atom stereocenters. The van der Waals surface area contributed by atoms with Gasteiger partial charge in [0.05, 0.1) is 0 Å². The van der Waals surface area contributed by atoms with Gasteiger partial charge in [-0.25, -0.2) is 4.39 Å². The van der Waals surface area contributed by atoms with Gasteiger partial charge >= 0.3 is 0 Å². The van der Waals surface area contributed by atoms with Crippen LogP contribution in [0.2, 0.25) is 0 Å². The van der Waals surface area contributed by atoms with E-state index in [9.17, 15) is 4.39 Å². The molecule has 0 heterocycles. The Morgan fingerprint density at radius 3 is 2.55 bits per heavy atom. The summed E-state index contributed by atoms with van der Waals surface area (Å²) in [7, 11) is 1.99. The highest BCUT2D eigenvalue weighted by molar-refractivity contribution is 9.10. The quantitative estimate of drug-likeness (QED) is 0.853. The molecule has 0 saturated carbocycles. The van der Waals surface area contributed by atoms with Crippen LogP contribution >= 0.6 is 15.9 Å². The Labute approximate surface area is 127 Å². The molecule has 2 aromatic carbocycles. The first-order chi connectivity index (χ1) is 9.66. The molecular formula is C16H18BrFN2. The van der Waals surface area contributed by atoms with E-state index < -0.39 is 0 Å². The molecule has 0 spiro atoms. The molecule has 0 unspecified atom stereocenters. The van der Waals surface area contributed by atoms with Crippen LogP contribution in [0.1, 0.15) is 5.56 Å². The lowest BCUT2D eigenvalue weighted by Gasteiger charge is -2.18. The predicted octanol–water partition coefficient (Wildman–Crippen LogP) is 4.13. The summed E-state index contributed by atoms with van der Waals surface area (Å²) in [6, 6.07) is 14.9. The Morgan fingerprint density at radius 1 is 1.10 bits per heavy atom. The first-order valence-electron chi connectivity index (χ1n) is 6.57. The number of nitrogens with zero attached hydrogens (tertiary/aromatic N) is 1. The van der Waals surface area contributed by atoms with Gasteiger partial charge in [0.25, 0.3) is 0 Å². The standard InChI is InChI=1S/C16H18BrFN2/c1-20(12-13-6-2-4-8-15(13)18)11-10-19-16-9-5-3-7-14(16)17/h2-9,19H,10-12H2,1H3. The molecule has 0 aromatic heterocycles. The Hall–Kier alpha value is -1.39. The molecule has 0 bridgehead atoms. The fraction of sp³-hybridized carbons (Fsp3) is 0.250. The maximum absolute atomic E-state index is 13.5. The summed E-state index contributed by atoms with van der Waals surface area (Å²) in [4.78, 5) is 2.10. The van der Waals surface area contributed by atoms with Crippen molar-refractivity contribution in [3.8, 4) is 0 Å². The minimum Gasteiger partial charge on any atom is -0.383 e. The van der Waals surface area contributed by atoms with E-state index in [1.165, 1.54) is 6.07 Å². The number of anilines is 1. The zero-order chi connectivity index (χ0) is 14.4. The maximum Gasteiger partial charge on any atom is 0.127 e. The molecule has 0 radical (unpaired) electrons. The number of rotatable bonds is 6. The minimum atomic E-state index is -0.141. The SMILES string of the molecule is CN(CCNc1ccccc1Br)Cc1ccccc1F. The summed E-state index contributed by atoms with van der Waals surface area (Å²) in [6.07, 6.45) is 0. The summed E-state index contributed by atoms with van der Waals surface area (Å²) < 4.78 is 14.6. The number of benzene rings is 2. The van der Waals surface area contributed by atoms with E-state index in [2.05, 4.69) is 26.1 Å². The molecular weight excluding hydrogens is 319 g/mol. The van der Waals surface area contributed by atoms with Crippen LogP contribution < -0.4 is 5.32 Å². The van der Waals surface area contributed by atoms with Crippen molar-refractivity contribution in [1.29, 1.82) is 0 Å². The highest BCUT2D eigenvalue weighted by Gasteiger charge is 2.05. The van der Waals surface area contributed by atoms with E-state index in [1.807, 2.05) is 43.4 Å². The topological polar surface area (TPSA) is 15.3 Å². The van der Waals surface area contributed by atoms with Crippen molar-refractivity contribution < 1.29 is 4.39 Å². The number of hydrogen-bond acceptors (Lipinski definition) is 2. The van der Waals surface area contributed by atoms with Gasteiger partial charge in [-0.1, -0.05) is 30.3 Å². The van der Waals surface area contributed by atoms with Crippen molar-refractivity contribution in [3.63, 3.8) is 0 Å². The number of hydrogen-bond donors (Lipinski definition) is 1. The molecule has 0 aliphatic heterocycles. The van der Waals surface area contributed by atoms with Crippen molar-refractivity contribution in [2.24, 2.45) is 0 Å². The Balaban J connectivity index is 1.80. The van der Waals surface area contributed by atoms with Crippen LogP contribution in [0.4, 0.5) is 10.1 Å².